The van der Waals surface area contributed by atoms with Gasteiger partial charge in [0.1, 0.15) is 11.6 Å². The lowest BCUT2D eigenvalue weighted by Gasteiger charge is -2.32. The van der Waals surface area contributed by atoms with E-state index in [0.717, 1.165) is 49.8 Å². The van der Waals surface area contributed by atoms with Gasteiger partial charge >= 0.3 is 6.36 Å². The second-order valence-electron chi connectivity index (χ2n) is 11.7. The fourth-order valence-electron chi connectivity index (χ4n) is 6.79. The van der Waals surface area contributed by atoms with Crippen LogP contribution in [-0.2, 0) is 25.7 Å². The molecule has 5 rings (SSSR count). The molecular weight excluding hydrogens is 538 g/mol. The van der Waals surface area contributed by atoms with E-state index in [1.807, 2.05) is 0 Å². The van der Waals surface area contributed by atoms with Crippen LogP contribution in [0.3, 0.4) is 0 Å². The van der Waals surface area contributed by atoms with Crippen LogP contribution in [0, 0.1) is 23.4 Å². The predicted molar refractivity (Wildman–Crippen MR) is 148 cm³/mol. The van der Waals surface area contributed by atoms with Crippen LogP contribution < -0.4 is 4.74 Å². The third-order valence-electron chi connectivity index (χ3n) is 8.95. The van der Waals surface area contributed by atoms with Crippen molar-refractivity contribution < 1.29 is 31.1 Å². The summed E-state index contributed by atoms with van der Waals surface area (Å²) in [5.74, 6) is -2.81. The molecule has 2 aliphatic carbocycles. The standard InChI is InChI=1S/C34H36F6O/c1-2-3-21-4-6-22(7-5-21)8-9-23-10-16-28-27(18-23)20-30(36)32(33(28)37)25-13-11-24(12-14-25)26-15-17-31(29(35)19-26)41-34(38,39)40/h4-7,15,17,19-20,23-25H,2-3,8-14,16,18H2,1H3. The van der Waals surface area contributed by atoms with Crippen molar-refractivity contribution in [2.24, 2.45) is 5.92 Å². The third kappa shape index (κ3) is 7.10. The summed E-state index contributed by atoms with van der Waals surface area (Å²) in [6.45, 7) is 2.17. The Morgan fingerprint density at radius 3 is 2.07 bits per heavy atom. The number of alkyl halides is 3. The minimum absolute atomic E-state index is 0.0898. The van der Waals surface area contributed by atoms with Gasteiger partial charge in [-0.3, -0.25) is 0 Å². The molecule has 41 heavy (non-hydrogen) atoms. The van der Waals surface area contributed by atoms with Crippen molar-refractivity contribution in [1.82, 2.24) is 0 Å². The van der Waals surface area contributed by atoms with E-state index >= 15 is 8.78 Å². The van der Waals surface area contributed by atoms with Crippen molar-refractivity contribution in [2.45, 2.75) is 95.8 Å². The Balaban J connectivity index is 1.20. The number of hydrogen-bond donors (Lipinski definition) is 0. The minimum atomic E-state index is -4.97. The molecule has 0 amide bonds. The third-order valence-corrected chi connectivity index (χ3v) is 8.95. The second kappa shape index (κ2) is 12.5. The zero-order valence-electron chi connectivity index (χ0n) is 23.3. The van der Waals surface area contributed by atoms with Crippen LogP contribution in [0.25, 0.3) is 0 Å². The molecule has 220 valence electrons. The summed E-state index contributed by atoms with van der Waals surface area (Å²) >= 11 is 0. The van der Waals surface area contributed by atoms with Crippen molar-refractivity contribution in [3.8, 4) is 5.75 Å². The maximum Gasteiger partial charge on any atom is 0.573 e. The molecule has 0 aliphatic heterocycles. The minimum Gasteiger partial charge on any atom is -0.403 e. The molecule has 1 fully saturated rings. The number of benzene rings is 3. The molecule has 1 unspecified atom stereocenters. The topological polar surface area (TPSA) is 9.23 Å². The molecular formula is C34H36F6O. The first-order valence-corrected chi connectivity index (χ1v) is 14.7. The number of aryl methyl sites for hydroxylation is 2. The van der Waals surface area contributed by atoms with Crippen molar-refractivity contribution in [1.29, 1.82) is 0 Å². The summed E-state index contributed by atoms with van der Waals surface area (Å²) in [5, 5.41) is 0. The molecule has 1 nitrogen and oxygen atoms in total. The molecule has 2 aliphatic rings. The monoisotopic (exact) mass is 574 g/mol. The highest BCUT2D eigenvalue weighted by Crippen LogP contribution is 2.44. The van der Waals surface area contributed by atoms with Gasteiger partial charge in [0.05, 0.1) is 0 Å². The second-order valence-corrected chi connectivity index (χ2v) is 11.7. The number of hydrogen-bond acceptors (Lipinski definition) is 1. The molecule has 1 atom stereocenters. The van der Waals surface area contributed by atoms with E-state index in [4.69, 9.17) is 0 Å². The Kier molecular flexibility index (Phi) is 9.00. The van der Waals surface area contributed by atoms with Gasteiger partial charge < -0.3 is 4.74 Å². The molecule has 0 spiro atoms. The first-order chi connectivity index (χ1) is 19.6. The van der Waals surface area contributed by atoms with Crippen LogP contribution in [0.5, 0.6) is 5.75 Å². The lowest BCUT2D eigenvalue weighted by Crippen LogP contribution is -2.21. The molecule has 1 saturated carbocycles. The summed E-state index contributed by atoms with van der Waals surface area (Å²) in [6, 6.07) is 13.8. The summed E-state index contributed by atoms with van der Waals surface area (Å²) in [7, 11) is 0. The van der Waals surface area contributed by atoms with Crippen molar-refractivity contribution in [2.75, 3.05) is 0 Å². The van der Waals surface area contributed by atoms with E-state index in [9.17, 15) is 17.6 Å². The largest absolute Gasteiger partial charge is 0.573 e. The molecule has 3 aromatic rings. The molecule has 0 N–H and O–H groups in total. The van der Waals surface area contributed by atoms with Crippen LogP contribution >= 0.6 is 0 Å². The van der Waals surface area contributed by atoms with E-state index < -0.39 is 29.6 Å². The molecule has 0 bridgehead atoms. The van der Waals surface area contributed by atoms with E-state index in [-0.39, 0.29) is 17.4 Å². The van der Waals surface area contributed by atoms with Crippen LogP contribution in [0.15, 0.2) is 48.5 Å². The number of fused-ring (bicyclic) bond motifs is 1. The Bertz CT molecular complexity index is 1340. The molecule has 0 saturated heterocycles. The normalized spacial score (nSPS) is 21.0. The highest BCUT2D eigenvalue weighted by atomic mass is 19.4. The molecule has 0 heterocycles. The van der Waals surface area contributed by atoms with E-state index in [1.54, 1.807) is 6.07 Å². The quantitative estimate of drug-likeness (QED) is 0.243. The Labute approximate surface area is 237 Å². The highest BCUT2D eigenvalue weighted by molar-refractivity contribution is 5.39. The van der Waals surface area contributed by atoms with Gasteiger partial charge in [-0.15, -0.1) is 13.2 Å². The van der Waals surface area contributed by atoms with Crippen LogP contribution in [0.2, 0.25) is 0 Å². The number of halogens is 6. The van der Waals surface area contributed by atoms with Gasteiger partial charge in [0, 0.05) is 5.56 Å². The average molecular weight is 575 g/mol. The average Bonchev–Trinajstić information content (AvgIpc) is 2.93. The van der Waals surface area contributed by atoms with Crippen LogP contribution in [-0.4, -0.2) is 6.36 Å². The zero-order valence-corrected chi connectivity index (χ0v) is 23.3. The SMILES string of the molecule is CCCc1ccc(CCC2CCc3c(cc(F)c(C4CCC(c5ccc(OC(F)(F)F)c(F)c5)CC4)c3F)C2)cc1. The van der Waals surface area contributed by atoms with Gasteiger partial charge in [0.25, 0.3) is 0 Å². The first kappa shape index (κ1) is 29.5. The van der Waals surface area contributed by atoms with E-state index in [1.165, 1.54) is 17.2 Å². The molecule has 0 radical (unpaired) electrons. The predicted octanol–water partition coefficient (Wildman–Crippen LogP) is 10.1. The summed E-state index contributed by atoms with van der Waals surface area (Å²) in [4.78, 5) is 0. The Morgan fingerprint density at radius 2 is 1.44 bits per heavy atom. The van der Waals surface area contributed by atoms with Gasteiger partial charge in [-0.1, -0.05) is 43.7 Å². The number of rotatable bonds is 8. The lowest BCUT2D eigenvalue weighted by molar-refractivity contribution is -0.275. The molecule has 7 heteroatoms. The summed E-state index contributed by atoms with van der Waals surface area (Å²) in [6.07, 6.45) is 3.56. The van der Waals surface area contributed by atoms with Gasteiger partial charge in [-0.05, 0) is 128 Å². The Hall–Kier alpha value is -2.96. The smallest absolute Gasteiger partial charge is 0.403 e. The van der Waals surface area contributed by atoms with E-state index in [2.05, 4.69) is 35.9 Å². The Morgan fingerprint density at radius 1 is 0.780 bits per heavy atom. The highest BCUT2D eigenvalue weighted by Gasteiger charge is 2.34. The van der Waals surface area contributed by atoms with Crippen LogP contribution in [0.1, 0.15) is 97.1 Å². The van der Waals surface area contributed by atoms with Crippen molar-refractivity contribution in [3.63, 3.8) is 0 Å². The lowest BCUT2D eigenvalue weighted by atomic mass is 9.74. The van der Waals surface area contributed by atoms with Gasteiger partial charge in [0.15, 0.2) is 11.6 Å². The first-order valence-electron chi connectivity index (χ1n) is 14.7. The molecule has 0 aromatic heterocycles. The fraction of sp³-hybridized carbons (Fsp3) is 0.471. The van der Waals surface area contributed by atoms with Crippen molar-refractivity contribution >= 4 is 0 Å². The van der Waals surface area contributed by atoms with Crippen molar-refractivity contribution in [3.05, 3.63) is 99.4 Å². The maximum absolute atomic E-state index is 15.7. The number of ether oxygens (including phenoxy) is 1. The summed E-state index contributed by atoms with van der Waals surface area (Å²) in [5.41, 5.74) is 4.81. The van der Waals surface area contributed by atoms with Gasteiger partial charge in [0.2, 0.25) is 0 Å². The van der Waals surface area contributed by atoms with Gasteiger partial charge in [-0.2, -0.15) is 0 Å². The molecule has 3 aromatic carbocycles. The zero-order chi connectivity index (χ0) is 29.1. The van der Waals surface area contributed by atoms with Crippen LogP contribution in [0.4, 0.5) is 26.3 Å². The van der Waals surface area contributed by atoms with Gasteiger partial charge in [-0.25, -0.2) is 13.2 Å². The maximum atomic E-state index is 15.7. The fourth-order valence-corrected chi connectivity index (χ4v) is 6.79. The summed E-state index contributed by atoms with van der Waals surface area (Å²) < 4.78 is 86.4. The van der Waals surface area contributed by atoms with E-state index in [0.29, 0.717) is 55.6 Å².